The van der Waals surface area contributed by atoms with Crippen molar-refractivity contribution in [1.29, 1.82) is 0 Å². The molecule has 7 heteroatoms. The van der Waals surface area contributed by atoms with Gasteiger partial charge in [0.15, 0.2) is 0 Å². The molecule has 3 aliphatic heterocycles. The largest absolute Gasteiger partial charge is 0.491 e. The number of para-hydroxylation sites is 1. The van der Waals surface area contributed by atoms with Crippen molar-refractivity contribution in [3.8, 4) is 5.75 Å². The van der Waals surface area contributed by atoms with Gasteiger partial charge in [-0.2, -0.15) is 0 Å². The first-order valence-electron chi connectivity index (χ1n) is 11.0. The predicted molar refractivity (Wildman–Crippen MR) is 110 cm³/mol. The summed E-state index contributed by atoms with van der Waals surface area (Å²) in [6.07, 6.45) is 4.81. The van der Waals surface area contributed by atoms with E-state index in [2.05, 4.69) is 43.2 Å². The zero-order valence-corrected chi connectivity index (χ0v) is 17.1. The van der Waals surface area contributed by atoms with Crippen LogP contribution < -0.4 is 10.1 Å². The van der Waals surface area contributed by atoms with Crippen molar-refractivity contribution in [2.24, 2.45) is 0 Å². The average molecular weight is 398 g/mol. The second kappa shape index (κ2) is 8.81. The Bertz CT molecular complexity index is 811. The summed E-state index contributed by atoms with van der Waals surface area (Å²) >= 11 is 0. The second-order valence-electron chi connectivity index (χ2n) is 8.41. The molecule has 1 aromatic heterocycles. The molecule has 156 valence electrons. The molecule has 4 heterocycles. The molecule has 1 N–H and O–H groups in total. The van der Waals surface area contributed by atoms with Gasteiger partial charge in [-0.3, -0.25) is 4.90 Å². The quantitative estimate of drug-likeness (QED) is 0.807. The van der Waals surface area contributed by atoms with Crippen LogP contribution in [-0.2, 0) is 24.4 Å². The van der Waals surface area contributed by atoms with Crippen molar-refractivity contribution in [3.05, 3.63) is 41.5 Å². The molecule has 0 spiro atoms. The first kappa shape index (κ1) is 19.0. The van der Waals surface area contributed by atoms with E-state index in [1.165, 1.54) is 11.4 Å². The van der Waals surface area contributed by atoms with Gasteiger partial charge in [-0.1, -0.05) is 18.2 Å². The third kappa shape index (κ3) is 4.32. The summed E-state index contributed by atoms with van der Waals surface area (Å²) in [5, 5.41) is 12.6. The highest BCUT2D eigenvalue weighted by molar-refractivity contribution is 5.33. The predicted octanol–water partition coefficient (Wildman–Crippen LogP) is 2.32. The summed E-state index contributed by atoms with van der Waals surface area (Å²) in [5.41, 5.74) is 1.23. The van der Waals surface area contributed by atoms with Crippen molar-refractivity contribution in [1.82, 2.24) is 25.0 Å². The van der Waals surface area contributed by atoms with Crippen LogP contribution in [0.25, 0.3) is 0 Å². The van der Waals surface area contributed by atoms with E-state index in [-0.39, 0.29) is 6.10 Å². The maximum absolute atomic E-state index is 6.12. The Morgan fingerprint density at radius 3 is 2.86 bits per heavy atom. The third-order valence-corrected chi connectivity index (χ3v) is 6.38. The minimum Gasteiger partial charge on any atom is -0.491 e. The zero-order chi connectivity index (χ0) is 19.5. The van der Waals surface area contributed by atoms with Crippen molar-refractivity contribution in [3.63, 3.8) is 0 Å². The summed E-state index contributed by atoms with van der Waals surface area (Å²) in [6, 6.07) is 8.39. The van der Waals surface area contributed by atoms with Crippen LogP contribution in [0.15, 0.2) is 24.3 Å². The normalized spacial score (nSPS) is 23.2. The fraction of sp³-hybridized carbons (Fsp3) is 0.636. The summed E-state index contributed by atoms with van der Waals surface area (Å²) in [6.45, 7) is 7.39. The van der Waals surface area contributed by atoms with Crippen LogP contribution in [0.1, 0.15) is 48.8 Å². The van der Waals surface area contributed by atoms with E-state index in [1.807, 2.05) is 6.07 Å². The number of hydrogen-bond donors (Lipinski definition) is 1. The molecule has 2 saturated heterocycles. The molecule has 5 rings (SSSR count). The molecule has 1 aromatic carbocycles. The van der Waals surface area contributed by atoms with E-state index in [0.717, 1.165) is 83.1 Å². The Labute approximate surface area is 172 Å². The number of hydrogen-bond acceptors (Lipinski definition) is 6. The standard InChI is InChI=1S/C22H31N5O2/c1-2-6-20(29-16-19-5-3-13-28-19)18(4-1)14-26-11-12-27-21(15-26)24-25-22(27)17-7-9-23-10-8-17/h1-2,4,6,17,19,23H,3,5,7-16H2/t19-/m1/s1. The van der Waals surface area contributed by atoms with Crippen molar-refractivity contribution >= 4 is 0 Å². The molecule has 3 aliphatic rings. The van der Waals surface area contributed by atoms with Crippen LogP contribution in [0.4, 0.5) is 0 Å². The zero-order valence-electron chi connectivity index (χ0n) is 17.1. The Balaban J connectivity index is 1.23. The van der Waals surface area contributed by atoms with E-state index >= 15 is 0 Å². The first-order valence-corrected chi connectivity index (χ1v) is 11.0. The third-order valence-electron chi connectivity index (χ3n) is 6.38. The highest BCUT2D eigenvalue weighted by Crippen LogP contribution is 2.27. The molecule has 29 heavy (non-hydrogen) atoms. The fourth-order valence-corrected chi connectivity index (χ4v) is 4.72. The van der Waals surface area contributed by atoms with Gasteiger partial charge in [0.05, 0.1) is 12.6 Å². The average Bonchev–Trinajstić information content (AvgIpc) is 3.43. The van der Waals surface area contributed by atoms with Crippen LogP contribution in [0.3, 0.4) is 0 Å². The first-order chi connectivity index (χ1) is 14.4. The molecule has 0 aliphatic carbocycles. The molecular weight excluding hydrogens is 366 g/mol. The van der Waals surface area contributed by atoms with Crippen LogP contribution in [0, 0.1) is 0 Å². The topological polar surface area (TPSA) is 64.4 Å². The van der Waals surface area contributed by atoms with Crippen molar-refractivity contribution in [2.75, 3.05) is 32.8 Å². The number of fused-ring (bicyclic) bond motifs is 1. The monoisotopic (exact) mass is 397 g/mol. The summed E-state index contributed by atoms with van der Waals surface area (Å²) in [4.78, 5) is 2.45. The Hall–Kier alpha value is -1.96. The van der Waals surface area contributed by atoms with Crippen LogP contribution in [0.5, 0.6) is 5.75 Å². The van der Waals surface area contributed by atoms with E-state index in [9.17, 15) is 0 Å². The lowest BCUT2D eigenvalue weighted by Crippen LogP contribution is -2.35. The molecule has 2 fully saturated rings. The maximum atomic E-state index is 6.12. The fourth-order valence-electron chi connectivity index (χ4n) is 4.72. The van der Waals surface area contributed by atoms with Gasteiger partial charge in [0.1, 0.15) is 24.0 Å². The Kier molecular flexibility index (Phi) is 5.78. The van der Waals surface area contributed by atoms with Crippen molar-refractivity contribution in [2.45, 2.75) is 57.3 Å². The van der Waals surface area contributed by atoms with Crippen LogP contribution in [0.2, 0.25) is 0 Å². The van der Waals surface area contributed by atoms with Gasteiger partial charge in [-0.15, -0.1) is 10.2 Å². The SMILES string of the molecule is c1ccc(OC[C@H]2CCCO2)c(CN2CCn3c(nnc3C3CCNCC3)C2)c1. The van der Waals surface area contributed by atoms with Gasteiger partial charge in [-0.25, -0.2) is 0 Å². The highest BCUT2D eigenvalue weighted by atomic mass is 16.5. The number of nitrogens with zero attached hydrogens (tertiary/aromatic N) is 4. The maximum Gasteiger partial charge on any atom is 0.147 e. The number of rotatable bonds is 6. The smallest absolute Gasteiger partial charge is 0.147 e. The Morgan fingerprint density at radius 1 is 1.10 bits per heavy atom. The number of piperidine rings is 1. The van der Waals surface area contributed by atoms with Crippen LogP contribution in [-0.4, -0.2) is 58.6 Å². The summed E-state index contributed by atoms with van der Waals surface area (Å²) in [5.74, 6) is 3.82. The van der Waals surface area contributed by atoms with Crippen molar-refractivity contribution < 1.29 is 9.47 Å². The minimum atomic E-state index is 0.241. The number of benzene rings is 1. The molecule has 0 saturated carbocycles. The van der Waals surface area contributed by atoms with E-state index in [1.54, 1.807) is 0 Å². The van der Waals surface area contributed by atoms with Gasteiger partial charge in [0, 0.05) is 37.7 Å². The molecule has 1 atom stereocenters. The lowest BCUT2D eigenvalue weighted by Gasteiger charge is -2.30. The van der Waals surface area contributed by atoms with Crippen LogP contribution >= 0.6 is 0 Å². The molecule has 0 bridgehead atoms. The van der Waals surface area contributed by atoms with E-state index in [4.69, 9.17) is 9.47 Å². The molecule has 7 nitrogen and oxygen atoms in total. The number of nitrogens with one attached hydrogen (secondary N) is 1. The summed E-state index contributed by atoms with van der Waals surface area (Å²) in [7, 11) is 0. The van der Waals surface area contributed by atoms with Gasteiger partial charge in [0.2, 0.25) is 0 Å². The lowest BCUT2D eigenvalue weighted by atomic mass is 9.97. The lowest BCUT2D eigenvalue weighted by molar-refractivity contribution is 0.0671. The molecule has 0 radical (unpaired) electrons. The second-order valence-corrected chi connectivity index (χ2v) is 8.41. The minimum absolute atomic E-state index is 0.241. The van der Waals surface area contributed by atoms with E-state index in [0.29, 0.717) is 12.5 Å². The molecule has 2 aromatic rings. The molecule has 0 amide bonds. The molecule has 0 unspecified atom stereocenters. The summed E-state index contributed by atoms with van der Waals surface area (Å²) < 4.78 is 14.2. The van der Waals surface area contributed by atoms with Gasteiger partial charge >= 0.3 is 0 Å². The van der Waals surface area contributed by atoms with Gasteiger partial charge < -0.3 is 19.4 Å². The number of aromatic nitrogens is 3. The van der Waals surface area contributed by atoms with E-state index < -0.39 is 0 Å². The van der Waals surface area contributed by atoms with Gasteiger partial charge in [-0.05, 0) is 44.8 Å². The molecular formula is C22H31N5O2. The van der Waals surface area contributed by atoms with Gasteiger partial charge in [0.25, 0.3) is 0 Å². The number of ether oxygens (including phenoxy) is 2. The highest BCUT2D eigenvalue weighted by Gasteiger charge is 2.27. The Morgan fingerprint density at radius 2 is 2.00 bits per heavy atom.